The summed E-state index contributed by atoms with van der Waals surface area (Å²) in [6.07, 6.45) is 4.83. The first-order valence-electron chi connectivity index (χ1n) is 7.08. The lowest BCUT2D eigenvalue weighted by Gasteiger charge is -2.23. The van der Waals surface area contributed by atoms with Crippen LogP contribution in [0.4, 0.5) is 0 Å². The van der Waals surface area contributed by atoms with E-state index in [1.54, 1.807) is 19.2 Å². The normalized spacial score (nSPS) is 17.5. The average molecular weight is 289 g/mol. The molecule has 3 rings (SSSR count). The molecule has 0 aromatic carbocycles. The number of ether oxygens (including phenoxy) is 1. The number of rotatable bonds is 4. The Balaban J connectivity index is 1.73. The molecule has 0 fully saturated rings. The van der Waals surface area contributed by atoms with Gasteiger partial charge < -0.3 is 14.5 Å². The maximum Gasteiger partial charge on any atom is 0.287 e. The third kappa shape index (κ3) is 2.71. The van der Waals surface area contributed by atoms with E-state index in [4.69, 9.17) is 9.15 Å². The van der Waals surface area contributed by atoms with Crippen LogP contribution in [0.5, 0.6) is 0 Å². The second-order valence-corrected chi connectivity index (χ2v) is 5.29. The fourth-order valence-corrected chi connectivity index (χ4v) is 2.81. The molecule has 0 aliphatic heterocycles. The number of furan rings is 1. The summed E-state index contributed by atoms with van der Waals surface area (Å²) in [6.45, 7) is 0.365. The van der Waals surface area contributed by atoms with Crippen molar-refractivity contribution in [3.8, 4) is 0 Å². The lowest BCUT2D eigenvalue weighted by molar-refractivity contribution is 0.0896. The van der Waals surface area contributed by atoms with Crippen molar-refractivity contribution >= 4 is 5.91 Å². The van der Waals surface area contributed by atoms with Crippen LogP contribution >= 0.6 is 0 Å². The first-order valence-corrected chi connectivity index (χ1v) is 7.08. The van der Waals surface area contributed by atoms with Crippen LogP contribution in [0, 0.1) is 0 Å². The summed E-state index contributed by atoms with van der Waals surface area (Å²) in [7, 11) is 3.53. The largest absolute Gasteiger partial charge is 0.453 e. The molecular weight excluding hydrogens is 270 g/mol. The number of hydrogen-bond donors (Lipinski definition) is 1. The number of hydrogen-bond acceptors (Lipinski definition) is 4. The zero-order valence-corrected chi connectivity index (χ0v) is 12.3. The zero-order valence-electron chi connectivity index (χ0n) is 12.3. The van der Waals surface area contributed by atoms with E-state index in [9.17, 15) is 4.79 Å². The highest BCUT2D eigenvalue weighted by atomic mass is 16.5. The number of carbonyl (C=O) groups excluding carboxylic acids is 1. The molecule has 0 saturated heterocycles. The molecule has 1 N–H and O–H groups in total. The Morgan fingerprint density at radius 3 is 3.24 bits per heavy atom. The molecule has 1 amide bonds. The van der Waals surface area contributed by atoms with Gasteiger partial charge in [-0.1, -0.05) is 0 Å². The molecule has 1 aliphatic carbocycles. The van der Waals surface area contributed by atoms with Gasteiger partial charge in [-0.05, 0) is 31.4 Å². The number of amides is 1. The van der Waals surface area contributed by atoms with Crippen LogP contribution in [0.15, 0.2) is 22.7 Å². The van der Waals surface area contributed by atoms with Gasteiger partial charge >= 0.3 is 0 Å². The van der Waals surface area contributed by atoms with Gasteiger partial charge in [-0.25, -0.2) is 0 Å². The van der Waals surface area contributed by atoms with Crippen molar-refractivity contribution in [1.82, 2.24) is 15.1 Å². The number of carbonyl (C=O) groups is 1. The van der Waals surface area contributed by atoms with Gasteiger partial charge in [0.05, 0.1) is 12.2 Å². The number of aryl methyl sites for hydroxylation is 1. The molecule has 6 nitrogen and oxygen atoms in total. The van der Waals surface area contributed by atoms with E-state index in [1.165, 1.54) is 5.69 Å². The van der Waals surface area contributed by atoms with Crippen molar-refractivity contribution in [2.24, 2.45) is 7.05 Å². The van der Waals surface area contributed by atoms with Gasteiger partial charge in [0, 0.05) is 25.4 Å². The summed E-state index contributed by atoms with van der Waals surface area (Å²) in [5, 5.41) is 7.32. The van der Waals surface area contributed by atoms with E-state index in [0.29, 0.717) is 18.1 Å². The Morgan fingerprint density at radius 2 is 2.43 bits per heavy atom. The Kier molecular flexibility index (Phi) is 3.79. The Hall–Kier alpha value is -2.08. The van der Waals surface area contributed by atoms with Crippen LogP contribution in [-0.2, 0) is 24.8 Å². The van der Waals surface area contributed by atoms with Crippen molar-refractivity contribution < 1.29 is 13.9 Å². The minimum Gasteiger partial charge on any atom is -0.453 e. The van der Waals surface area contributed by atoms with E-state index >= 15 is 0 Å². The van der Waals surface area contributed by atoms with Gasteiger partial charge in [0.25, 0.3) is 5.91 Å². The minimum absolute atomic E-state index is 0.00549. The number of methoxy groups -OCH3 is 1. The quantitative estimate of drug-likeness (QED) is 0.934. The molecule has 1 atom stereocenters. The first kappa shape index (κ1) is 13.9. The Bertz CT molecular complexity index is 644. The van der Waals surface area contributed by atoms with Gasteiger partial charge in [0.1, 0.15) is 12.4 Å². The highest BCUT2D eigenvalue weighted by molar-refractivity contribution is 5.91. The van der Waals surface area contributed by atoms with Crippen molar-refractivity contribution in [3.63, 3.8) is 0 Å². The minimum atomic E-state index is -0.195. The molecule has 0 unspecified atom stereocenters. The number of aromatic nitrogens is 2. The predicted molar refractivity (Wildman–Crippen MR) is 75.8 cm³/mol. The van der Waals surface area contributed by atoms with Crippen molar-refractivity contribution in [3.05, 3.63) is 41.1 Å². The highest BCUT2D eigenvalue weighted by Gasteiger charge is 2.25. The second kappa shape index (κ2) is 5.73. The van der Waals surface area contributed by atoms with Crippen LogP contribution in [-0.4, -0.2) is 22.8 Å². The molecule has 2 aromatic rings. The van der Waals surface area contributed by atoms with Gasteiger partial charge in [0.2, 0.25) is 0 Å². The molecule has 112 valence electrons. The molecule has 0 bridgehead atoms. The third-order valence-corrected chi connectivity index (χ3v) is 3.85. The molecule has 0 saturated carbocycles. The average Bonchev–Trinajstić information content (AvgIpc) is 3.08. The second-order valence-electron chi connectivity index (χ2n) is 5.29. The van der Waals surface area contributed by atoms with Crippen molar-refractivity contribution in [2.45, 2.75) is 31.9 Å². The molecule has 0 spiro atoms. The molecule has 21 heavy (non-hydrogen) atoms. The van der Waals surface area contributed by atoms with Gasteiger partial charge in [-0.3, -0.25) is 9.48 Å². The van der Waals surface area contributed by atoms with E-state index in [1.807, 2.05) is 17.9 Å². The van der Waals surface area contributed by atoms with E-state index < -0.39 is 0 Å². The lowest BCUT2D eigenvalue weighted by atomic mass is 9.93. The molecule has 0 radical (unpaired) electrons. The zero-order chi connectivity index (χ0) is 14.8. The summed E-state index contributed by atoms with van der Waals surface area (Å²) in [5.41, 5.74) is 2.31. The van der Waals surface area contributed by atoms with Crippen molar-refractivity contribution in [2.75, 3.05) is 7.11 Å². The molecule has 2 aromatic heterocycles. The topological polar surface area (TPSA) is 69.3 Å². The predicted octanol–water partition coefficient (Wildman–Crippen LogP) is 1.97. The van der Waals surface area contributed by atoms with Gasteiger partial charge in [-0.2, -0.15) is 5.10 Å². The fourth-order valence-electron chi connectivity index (χ4n) is 2.81. The SMILES string of the molecule is COCc1ccc(C(=O)N[C@@H]2CCCc3c2cnn3C)o1. The summed E-state index contributed by atoms with van der Waals surface area (Å²) >= 11 is 0. The smallest absolute Gasteiger partial charge is 0.287 e. The monoisotopic (exact) mass is 289 g/mol. The number of fused-ring (bicyclic) bond motifs is 1. The van der Waals surface area contributed by atoms with E-state index in [2.05, 4.69) is 10.4 Å². The summed E-state index contributed by atoms with van der Waals surface area (Å²) in [4.78, 5) is 12.3. The molecule has 2 heterocycles. The molecule has 6 heteroatoms. The summed E-state index contributed by atoms with van der Waals surface area (Å²) < 4.78 is 12.3. The Morgan fingerprint density at radius 1 is 1.57 bits per heavy atom. The fraction of sp³-hybridized carbons (Fsp3) is 0.467. The van der Waals surface area contributed by atoms with Crippen LogP contribution in [0.25, 0.3) is 0 Å². The lowest BCUT2D eigenvalue weighted by Crippen LogP contribution is -2.30. The third-order valence-electron chi connectivity index (χ3n) is 3.85. The van der Waals surface area contributed by atoms with Crippen LogP contribution in [0.3, 0.4) is 0 Å². The van der Waals surface area contributed by atoms with Crippen LogP contribution < -0.4 is 5.32 Å². The van der Waals surface area contributed by atoms with Gasteiger partial charge in [0.15, 0.2) is 5.76 Å². The standard InChI is InChI=1S/C15H19N3O3/c1-18-13-5-3-4-12(11(13)8-16-18)17-15(19)14-7-6-10(21-14)9-20-2/h6-8,12H,3-5,9H2,1-2H3,(H,17,19)/t12-/m1/s1. The maximum absolute atomic E-state index is 12.3. The van der Waals surface area contributed by atoms with Crippen LogP contribution in [0.1, 0.15) is 46.5 Å². The van der Waals surface area contributed by atoms with E-state index in [-0.39, 0.29) is 11.9 Å². The number of nitrogens with zero attached hydrogens (tertiary/aromatic N) is 2. The first-order chi connectivity index (χ1) is 10.2. The summed E-state index contributed by atoms with van der Waals surface area (Å²) in [6, 6.07) is 3.44. The van der Waals surface area contributed by atoms with Crippen LogP contribution in [0.2, 0.25) is 0 Å². The highest BCUT2D eigenvalue weighted by Crippen LogP contribution is 2.29. The van der Waals surface area contributed by atoms with Crippen molar-refractivity contribution in [1.29, 1.82) is 0 Å². The number of nitrogens with one attached hydrogen (secondary N) is 1. The Labute approximate surface area is 123 Å². The van der Waals surface area contributed by atoms with Gasteiger partial charge in [-0.15, -0.1) is 0 Å². The van der Waals surface area contributed by atoms with E-state index in [0.717, 1.165) is 24.8 Å². The molecular formula is C15H19N3O3. The molecule has 1 aliphatic rings. The maximum atomic E-state index is 12.3. The summed E-state index contributed by atoms with van der Waals surface area (Å²) in [5.74, 6) is 0.769.